The number of benzene rings is 2. The minimum absolute atomic E-state index is 0.188. The molecule has 0 bridgehead atoms. The lowest BCUT2D eigenvalue weighted by atomic mass is 10.2. The minimum Gasteiger partial charge on any atom is -0.325 e. The number of para-hydroxylation sites is 1. The van der Waals surface area contributed by atoms with Gasteiger partial charge in [-0.15, -0.1) is 5.10 Å². The number of pyridine rings is 1. The van der Waals surface area contributed by atoms with E-state index < -0.39 is 10.0 Å². The summed E-state index contributed by atoms with van der Waals surface area (Å²) >= 11 is 0. The van der Waals surface area contributed by atoms with E-state index in [4.69, 9.17) is 0 Å². The van der Waals surface area contributed by atoms with Crippen LogP contribution in [0.4, 0.5) is 0 Å². The van der Waals surface area contributed by atoms with Crippen LogP contribution >= 0.6 is 0 Å². The molecular formula is C17H17N3O2S. The Labute approximate surface area is 135 Å². The maximum Gasteiger partial charge on any atom is 0.276 e. The lowest BCUT2D eigenvalue weighted by molar-refractivity contribution is 0.581. The van der Waals surface area contributed by atoms with Crippen molar-refractivity contribution in [2.24, 2.45) is 5.10 Å². The zero-order valence-corrected chi connectivity index (χ0v) is 13.5. The molecular weight excluding hydrogens is 310 g/mol. The van der Waals surface area contributed by atoms with E-state index in [2.05, 4.69) is 9.93 Å². The molecule has 0 aliphatic rings. The number of nitrogens with zero attached hydrogens (tertiary/aromatic N) is 2. The fraction of sp³-hybridized carbons (Fsp3) is 0.118. The Morgan fingerprint density at radius 1 is 0.957 bits per heavy atom. The van der Waals surface area contributed by atoms with Crippen molar-refractivity contribution in [3.63, 3.8) is 0 Å². The lowest BCUT2D eigenvalue weighted by Crippen LogP contribution is -2.27. The van der Waals surface area contributed by atoms with Gasteiger partial charge in [-0.2, -0.15) is 13.2 Å². The predicted octanol–water partition coefficient (Wildman–Crippen LogP) is 2.46. The molecule has 0 aliphatic carbocycles. The van der Waals surface area contributed by atoms with Crippen molar-refractivity contribution in [2.45, 2.75) is 18.4 Å². The van der Waals surface area contributed by atoms with Crippen molar-refractivity contribution >= 4 is 20.9 Å². The summed E-state index contributed by atoms with van der Waals surface area (Å²) in [6.45, 7) is 2.68. The third-order valence-electron chi connectivity index (χ3n) is 3.57. The zero-order chi connectivity index (χ0) is 16.3. The van der Waals surface area contributed by atoms with Gasteiger partial charge in [0.05, 0.1) is 4.90 Å². The highest BCUT2D eigenvalue weighted by Crippen LogP contribution is 2.11. The molecule has 3 rings (SSSR count). The Bertz CT molecular complexity index is 993. The van der Waals surface area contributed by atoms with Crippen molar-refractivity contribution in [1.29, 1.82) is 0 Å². The molecule has 0 saturated carbocycles. The number of nitrogens with one attached hydrogen (secondary N) is 1. The van der Waals surface area contributed by atoms with Gasteiger partial charge in [0, 0.05) is 12.1 Å². The molecule has 0 aliphatic heterocycles. The fourth-order valence-electron chi connectivity index (χ4n) is 2.44. The summed E-state index contributed by atoms with van der Waals surface area (Å²) in [7, 11) is -3.67. The molecule has 3 aromatic rings. The first kappa shape index (κ1) is 15.3. The summed E-state index contributed by atoms with van der Waals surface area (Å²) in [6, 6.07) is 19.8. The Hall–Kier alpha value is -2.60. The maximum atomic E-state index is 12.3. The van der Waals surface area contributed by atoms with Gasteiger partial charge < -0.3 is 4.57 Å². The van der Waals surface area contributed by atoms with Gasteiger partial charge >= 0.3 is 0 Å². The van der Waals surface area contributed by atoms with Gasteiger partial charge in [-0.05, 0) is 42.6 Å². The molecule has 1 heterocycles. The van der Waals surface area contributed by atoms with Crippen LogP contribution in [0.1, 0.15) is 6.92 Å². The molecule has 0 unspecified atom stereocenters. The molecule has 0 spiro atoms. The highest BCUT2D eigenvalue weighted by Gasteiger charge is 2.11. The van der Waals surface area contributed by atoms with Gasteiger partial charge in [0.15, 0.2) is 5.49 Å². The van der Waals surface area contributed by atoms with Crippen molar-refractivity contribution in [3.05, 3.63) is 72.2 Å². The van der Waals surface area contributed by atoms with Gasteiger partial charge in [0.2, 0.25) is 0 Å². The number of hydrogen-bond acceptors (Lipinski definition) is 3. The van der Waals surface area contributed by atoms with Crippen molar-refractivity contribution in [2.75, 3.05) is 0 Å². The second-order valence-electron chi connectivity index (χ2n) is 5.01. The average molecular weight is 327 g/mol. The molecule has 5 nitrogen and oxygen atoms in total. The van der Waals surface area contributed by atoms with Gasteiger partial charge in [0.1, 0.15) is 0 Å². The third kappa shape index (κ3) is 3.12. The molecule has 118 valence electrons. The quantitative estimate of drug-likeness (QED) is 0.748. The second kappa shape index (κ2) is 6.26. The summed E-state index contributed by atoms with van der Waals surface area (Å²) in [6.07, 6.45) is 0. The van der Waals surface area contributed by atoms with Gasteiger partial charge in [-0.1, -0.05) is 36.4 Å². The molecule has 0 fully saturated rings. The molecule has 0 radical (unpaired) electrons. The Morgan fingerprint density at radius 3 is 2.39 bits per heavy atom. The Balaban J connectivity index is 2.05. The molecule has 1 aromatic heterocycles. The summed E-state index contributed by atoms with van der Waals surface area (Å²) < 4.78 is 26.5. The molecule has 1 N–H and O–H groups in total. The Kier molecular flexibility index (Phi) is 4.16. The van der Waals surface area contributed by atoms with Crippen LogP contribution in [-0.4, -0.2) is 13.0 Å². The SMILES string of the molecule is CCn1c(=NNS(=O)(=O)c2ccccc2)ccc2ccccc21. The van der Waals surface area contributed by atoms with Crippen LogP contribution in [0.2, 0.25) is 0 Å². The first-order valence-electron chi connectivity index (χ1n) is 7.31. The summed E-state index contributed by atoms with van der Waals surface area (Å²) in [4.78, 5) is 2.49. The minimum atomic E-state index is -3.67. The molecule has 6 heteroatoms. The topological polar surface area (TPSA) is 63.5 Å². The standard InChI is InChI=1S/C17H17N3O2S/c1-2-20-16-11-7-6-8-14(16)12-13-17(20)18-19-23(21,22)15-9-4-3-5-10-15/h3-13,19H,2H2,1H3. The van der Waals surface area contributed by atoms with Crippen LogP contribution in [0, 0.1) is 0 Å². The molecule has 2 aromatic carbocycles. The largest absolute Gasteiger partial charge is 0.325 e. The molecule has 0 saturated heterocycles. The number of aromatic nitrogens is 1. The van der Waals surface area contributed by atoms with Crippen molar-refractivity contribution in [1.82, 2.24) is 9.40 Å². The van der Waals surface area contributed by atoms with Gasteiger partial charge in [-0.3, -0.25) is 0 Å². The van der Waals surface area contributed by atoms with Crippen LogP contribution < -0.4 is 10.3 Å². The first-order chi connectivity index (χ1) is 11.1. The van der Waals surface area contributed by atoms with E-state index in [0.717, 1.165) is 10.9 Å². The summed E-state index contributed by atoms with van der Waals surface area (Å²) in [5.74, 6) is 0. The number of rotatable bonds is 4. The number of fused-ring (bicyclic) bond motifs is 1. The highest BCUT2D eigenvalue weighted by atomic mass is 32.2. The van der Waals surface area contributed by atoms with Crippen LogP contribution in [0.25, 0.3) is 10.9 Å². The lowest BCUT2D eigenvalue weighted by Gasteiger charge is -2.10. The molecule has 23 heavy (non-hydrogen) atoms. The van der Waals surface area contributed by atoms with E-state index in [0.29, 0.717) is 12.0 Å². The van der Waals surface area contributed by atoms with Crippen molar-refractivity contribution < 1.29 is 8.42 Å². The summed E-state index contributed by atoms with van der Waals surface area (Å²) in [5.41, 5.74) is 1.57. The first-order valence-corrected chi connectivity index (χ1v) is 8.79. The molecule has 0 amide bonds. The van der Waals surface area contributed by atoms with Crippen LogP contribution in [0.3, 0.4) is 0 Å². The molecule has 0 atom stereocenters. The van der Waals surface area contributed by atoms with E-state index in [1.54, 1.807) is 24.3 Å². The van der Waals surface area contributed by atoms with E-state index in [-0.39, 0.29) is 4.90 Å². The number of hydrogen-bond donors (Lipinski definition) is 1. The monoisotopic (exact) mass is 327 g/mol. The number of sulfonamides is 1. The van der Waals surface area contributed by atoms with E-state index in [1.165, 1.54) is 12.1 Å². The second-order valence-corrected chi connectivity index (χ2v) is 6.68. The number of aryl methyl sites for hydroxylation is 1. The maximum absolute atomic E-state index is 12.3. The third-order valence-corrected chi connectivity index (χ3v) is 4.79. The fourth-order valence-corrected chi connectivity index (χ4v) is 3.28. The van der Waals surface area contributed by atoms with Gasteiger partial charge in [-0.25, -0.2) is 0 Å². The Morgan fingerprint density at radius 2 is 1.65 bits per heavy atom. The zero-order valence-electron chi connectivity index (χ0n) is 12.7. The van der Waals surface area contributed by atoms with Crippen LogP contribution in [0.5, 0.6) is 0 Å². The van der Waals surface area contributed by atoms with Gasteiger partial charge in [0.25, 0.3) is 10.0 Å². The summed E-state index contributed by atoms with van der Waals surface area (Å²) in [5, 5.41) is 5.18. The predicted molar refractivity (Wildman–Crippen MR) is 89.9 cm³/mol. The van der Waals surface area contributed by atoms with Crippen LogP contribution in [-0.2, 0) is 16.6 Å². The van der Waals surface area contributed by atoms with Crippen molar-refractivity contribution in [3.8, 4) is 0 Å². The normalized spacial score (nSPS) is 12.5. The smallest absolute Gasteiger partial charge is 0.276 e. The van der Waals surface area contributed by atoms with E-state index >= 15 is 0 Å². The van der Waals surface area contributed by atoms with E-state index in [9.17, 15) is 8.42 Å². The van der Waals surface area contributed by atoms with E-state index in [1.807, 2.05) is 41.8 Å². The van der Waals surface area contributed by atoms with Crippen LogP contribution in [0.15, 0.2) is 76.7 Å². The highest BCUT2D eigenvalue weighted by molar-refractivity contribution is 7.89. The average Bonchev–Trinajstić information content (AvgIpc) is 2.60.